The van der Waals surface area contributed by atoms with Gasteiger partial charge >= 0.3 is 0 Å². The minimum atomic E-state index is -0.186. The SMILES string of the molecule is C=C[C@@H](N)c1cc(Br)ccc1OCC.Cl. The van der Waals surface area contributed by atoms with E-state index in [1.165, 1.54) is 0 Å². The van der Waals surface area contributed by atoms with Gasteiger partial charge in [0, 0.05) is 10.0 Å². The summed E-state index contributed by atoms with van der Waals surface area (Å²) < 4.78 is 6.46. The molecule has 0 aromatic heterocycles. The van der Waals surface area contributed by atoms with E-state index >= 15 is 0 Å². The van der Waals surface area contributed by atoms with Crippen LogP contribution in [0.2, 0.25) is 0 Å². The second-order valence-corrected chi connectivity index (χ2v) is 3.79. The predicted octanol–water partition coefficient (Wildman–Crippen LogP) is 3.46. The van der Waals surface area contributed by atoms with Crippen molar-refractivity contribution in [2.75, 3.05) is 6.61 Å². The summed E-state index contributed by atoms with van der Waals surface area (Å²) in [6, 6.07) is 5.61. The molecule has 0 saturated carbocycles. The lowest BCUT2D eigenvalue weighted by molar-refractivity contribution is 0.335. The highest BCUT2D eigenvalue weighted by Crippen LogP contribution is 2.27. The first-order valence-electron chi connectivity index (χ1n) is 4.49. The Hall–Kier alpha value is -0.510. The molecular formula is C11H15BrClNO. The number of nitrogens with two attached hydrogens (primary N) is 1. The summed E-state index contributed by atoms with van der Waals surface area (Å²) in [6.07, 6.45) is 1.70. The van der Waals surface area contributed by atoms with Crippen LogP contribution in [0, 0.1) is 0 Å². The van der Waals surface area contributed by atoms with E-state index in [2.05, 4.69) is 22.5 Å². The molecule has 2 nitrogen and oxygen atoms in total. The molecule has 0 spiro atoms. The molecule has 1 aromatic carbocycles. The first-order valence-corrected chi connectivity index (χ1v) is 5.28. The molecule has 0 fully saturated rings. The monoisotopic (exact) mass is 291 g/mol. The lowest BCUT2D eigenvalue weighted by Gasteiger charge is -2.13. The molecule has 0 saturated heterocycles. The average molecular weight is 293 g/mol. The zero-order chi connectivity index (χ0) is 10.6. The third-order valence-electron chi connectivity index (χ3n) is 1.88. The maximum atomic E-state index is 5.88. The second kappa shape index (κ2) is 6.88. The molecule has 0 aliphatic heterocycles. The summed E-state index contributed by atoms with van der Waals surface area (Å²) >= 11 is 3.40. The van der Waals surface area contributed by atoms with Crippen LogP contribution in [0.3, 0.4) is 0 Å². The van der Waals surface area contributed by atoms with Crippen LogP contribution in [-0.4, -0.2) is 6.61 Å². The molecule has 0 heterocycles. The molecule has 0 bridgehead atoms. The van der Waals surface area contributed by atoms with Gasteiger partial charge in [0.1, 0.15) is 5.75 Å². The smallest absolute Gasteiger partial charge is 0.124 e. The van der Waals surface area contributed by atoms with Crippen molar-refractivity contribution in [1.29, 1.82) is 0 Å². The Balaban J connectivity index is 0.00000196. The first kappa shape index (κ1) is 14.5. The van der Waals surface area contributed by atoms with E-state index in [1.54, 1.807) is 6.08 Å². The molecule has 4 heteroatoms. The number of benzene rings is 1. The van der Waals surface area contributed by atoms with E-state index in [9.17, 15) is 0 Å². The minimum absolute atomic E-state index is 0. The van der Waals surface area contributed by atoms with Crippen LogP contribution in [-0.2, 0) is 0 Å². The molecule has 2 N–H and O–H groups in total. The summed E-state index contributed by atoms with van der Waals surface area (Å²) in [4.78, 5) is 0. The zero-order valence-corrected chi connectivity index (χ0v) is 11.0. The van der Waals surface area contributed by atoms with E-state index < -0.39 is 0 Å². The van der Waals surface area contributed by atoms with Crippen LogP contribution in [0.25, 0.3) is 0 Å². The highest BCUT2D eigenvalue weighted by molar-refractivity contribution is 9.10. The van der Waals surface area contributed by atoms with Gasteiger partial charge in [0.2, 0.25) is 0 Å². The summed E-state index contributed by atoms with van der Waals surface area (Å²) in [5.74, 6) is 0.822. The van der Waals surface area contributed by atoms with Gasteiger partial charge in [-0.2, -0.15) is 0 Å². The van der Waals surface area contributed by atoms with Crippen LogP contribution < -0.4 is 10.5 Å². The van der Waals surface area contributed by atoms with E-state index in [1.807, 2.05) is 25.1 Å². The summed E-state index contributed by atoms with van der Waals surface area (Å²) in [5.41, 5.74) is 6.83. The molecular weight excluding hydrogens is 277 g/mol. The molecule has 1 aromatic rings. The van der Waals surface area contributed by atoms with Crippen molar-refractivity contribution in [2.45, 2.75) is 13.0 Å². The highest BCUT2D eigenvalue weighted by Gasteiger charge is 2.09. The maximum Gasteiger partial charge on any atom is 0.124 e. The van der Waals surface area contributed by atoms with Gasteiger partial charge in [0.15, 0.2) is 0 Å². The zero-order valence-electron chi connectivity index (χ0n) is 8.57. The van der Waals surface area contributed by atoms with Crippen LogP contribution in [0.1, 0.15) is 18.5 Å². The van der Waals surface area contributed by atoms with Crippen LogP contribution in [0.4, 0.5) is 0 Å². The number of hydrogen-bond donors (Lipinski definition) is 1. The fraction of sp³-hybridized carbons (Fsp3) is 0.273. The third-order valence-corrected chi connectivity index (χ3v) is 2.38. The summed E-state index contributed by atoms with van der Waals surface area (Å²) in [6.45, 7) is 6.26. The Kier molecular flexibility index (Phi) is 6.65. The van der Waals surface area contributed by atoms with Gasteiger partial charge in [-0.05, 0) is 25.1 Å². The van der Waals surface area contributed by atoms with Gasteiger partial charge in [-0.3, -0.25) is 0 Å². The maximum absolute atomic E-state index is 5.88. The Morgan fingerprint density at radius 1 is 1.60 bits per heavy atom. The molecule has 1 atom stereocenters. The summed E-state index contributed by atoms with van der Waals surface area (Å²) in [7, 11) is 0. The highest BCUT2D eigenvalue weighted by atomic mass is 79.9. The Bertz CT molecular complexity index is 330. The molecule has 0 aliphatic carbocycles. The van der Waals surface area contributed by atoms with Gasteiger partial charge in [-0.15, -0.1) is 19.0 Å². The van der Waals surface area contributed by atoms with E-state index in [4.69, 9.17) is 10.5 Å². The van der Waals surface area contributed by atoms with Crippen LogP contribution in [0.15, 0.2) is 35.3 Å². The molecule has 0 aliphatic rings. The molecule has 1 rings (SSSR count). The van der Waals surface area contributed by atoms with E-state index in [0.29, 0.717) is 6.61 Å². The van der Waals surface area contributed by atoms with Crippen molar-refractivity contribution in [3.05, 3.63) is 40.9 Å². The Labute approximate surface area is 105 Å². The van der Waals surface area contributed by atoms with Gasteiger partial charge in [0.25, 0.3) is 0 Å². The van der Waals surface area contributed by atoms with Crippen molar-refractivity contribution in [1.82, 2.24) is 0 Å². The third kappa shape index (κ3) is 3.86. The standard InChI is InChI=1S/C11H14BrNO.ClH/c1-3-10(13)9-7-8(12)5-6-11(9)14-4-2;/h3,5-7,10H,1,4,13H2,2H3;1H/t10-;/m1./s1. The Morgan fingerprint density at radius 2 is 2.27 bits per heavy atom. The Morgan fingerprint density at radius 3 is 2.80 bits per heavy atom. The fourth-order valence-corrected chi connectivity index (χ4v) is 1.57. The first-order chi connectivity index (χ1) is 6.69. The quantitative estimate of drug-likeness (QED) is 0.863. The fourth-order valence-electron chi connectivity index (χ4n) is 1.19. The average Bonchev–Trinajstić information content (AvgIpc) is 2.20. The van der Waals surface area contributed by atoms with Crippen molar-refractivity contribution in [3.8, 4) is 5.75 Å². The molecule has 15 heavy (non-hydrogen) atoms. The molecule has 84 valence electrons. The largest absolute Gasteiger partial charge is 0.494 e. The minimum Gasteiger partial charge on any atom is -0.494 e. The normalized spacial score (nSPS) is 11.4. The van der Waals surface area contributed by atoms with Crippen LogP contribution in [0.5, 0.6) is 5.75 Å². The number of rotatable bonds is 4. The predicted molar refractivity (Wildman–Crippen MR) is 69.7 cm³/mol. The van der Waals surface area contributed by atoms with Gasteiger partial charge < -0.3 is 10.5 Å². The van der Waals surface area contributed by atoms with Crippen molar-refractivity contribution >= 4 is 28.3 Å². The lowest BCUT2D eigenvalue weighted by Crippen LogP contribution is -2.09. The van der Waals surface area contributed by atoms with Crippen molar-refractivity contribution in [2.24, 2.45) is 5.73 Å². The van der Waals surface area contributed by atoms with Crippen LogP contribution >= 0.6 is 28.3 Å². The molecule has 0 amide bonds. The van der Waals surface area contributed by atoms with Crippen molar-refractivity contribution < 1.29 is 4.74 Å². The number of hydrogen-bond acceptors (Lipinski definition) is 2. The number of halogens is 2. The van der Waals surface area contributed by atoms with Gasteiger partial charge in [0.05, 0.1) is 12.6 Å². The van der Waals surface area contributed by atoms with Gasteiger partial charge in [-0.25, -0.2) is 0 Å². The van der Waals surface area contributed by atoms with E-state index in [0.717, 1.165) is 15.8 Å². The van der Waals surface area contributed by atoms with E-state index in [-0.39, 0.29) is 18.4 Å². The van der Waals surface area contributed by atoms with Crippen molar-refractivity contribution in [3.63, 3.8) is 0 Å². The second-order valence-electron chi connectivity index (χ2n) is 2.88. The summed E-state index contributed by atoms with van der Waals surface area (Å²) in [5, 5.41) is 0. The lowest BCUT2D eigenvalue weighted by atomic mass is 10.1. The molecule has 0 radical (unpaired) electrons. The molecule has 0 unspecified atom stereocenters. The van der Waals surface area contributed by atoms with Gasteiger partial charge in [-0.1, -0.05) is 22.0 Å². The topological polar surface area (TPSA) is 35.2 Å². The number of ether oxygens (including phenoxy) is 1.